The van der Waals surface area contributed by atoms with Gasteiger partial charge in [0, 0.05) is 6.42 Å². The van der Waals surface area contributed by atoms with E-state index in [-0.39, 0.29) is 18.6 Å². The Labute approximate surface area is 90.3 Å². The maximum absolute atomic E-state index is 8.57. The summed E-state index contributed by atoms with van der Waals surface area (Å²) < 4.78 is 5.26. The van der Waals surface area contributed by atoms with Gasteiger partial charge in [-0.05, 0) is 17.9 Å². The second-order valence-corrected chi connectivity index (χ2v) is 3.57. The average molecular weight is 202 g/mol. The van der Waals surface area contributed by atoms with E-state index in [1.165, 1.54) is 5.57 Å². The lowest BCUT2D eigenvalue weighted by Crippen LogP contribution is -2.13. The summed E-state index contributed by atoms with van der Waals surface area (Å²) >= 11 is 0. The van der Waals surface area contributed by atoms with Crippen molar-refractivity contribution in [2.75, 3.05) is 6.61 Å². The molecule has 78 valence electrons. The van der Waals surface area contributed by atoms with Gasteiger partial charge < -0.3 is 4.74 Å². The van der Waals surface area contributed by atoms with Crippen molar-refractivity contribution in [3.8, 4) is 12.1 Å². The Morgan fingerprint density at radius 1 is 1.53 bits per heavy atom. The maximum Gasteiger partial charge on any atom is 0.134 e. The van der Waals surface area contributed by atoms with E-state index < -0.39 is 0 Å². The third kappa shape index (κ3) is 3.58. The van der Waals surface area contributed by atoms with Crippen molar-refractivity contribution in [2.45, 2.75) is 25.9 Å². The molecular weight excluding hydrogens is 188 g/mol. The van der Waals surface area contributed by atoms with Crippen molar-refractivity contribution in [1.82, 2.24) is 0 Å². The third-order valence-electron chi connectivity index (χ3n) is 2.42. The first-order valence-corrected chi connectivity index (χ1v) is 5.01. The second-order valence-electron chi connectivity index (χ2n) is 3.57. The standard InChI is InChI=1S/C12H14N2O/c1-10(6-7-13)11-2-4-12(5-3-11)15-9-8-14/h2-4,10,12H,5-6,9H2,1H3. The highest BCUT2D eigenvalue weighted by molar-refractivity contribution is 5.27. The first-order chi connectivity index (χ1) is 7.27. The van der Waals surface area contributed by atoms with E-state index in [1.54, 1.807) is 0 Å². The molecule has 0 aliphatic heterocycles. The van der Waals surface area contributed by atoms with Crippen LogP contribution in [0, 0.1) is 28.6 Å². The largest absolute Gasteiger partial charge is 0.359 e. The zero-order valence-corrected chi connectivity index (χ0v) is 8.81. The van der Waals surface area contributed by atoms with Gasteiger partial charge in [-0.25, -0.2) is 0 Å². The normalized spacial score (nSPS) is 21.3. The molecule has 0 aromatic rings. The molecule has 0 N–H and O–H groups in total. The Morgan fingerprint density at radius 2 is 2.33 bits per heavy atom. The van der Waals surface area contributed by atoms with Crippen LogP contribution in [0.1, 0.15) is 19.8 Å². The van der Waals surface area contributed by atoms with Gasteiger partial charge in [0.05, 0.1) is 18.2 Å². The van der Waals surface area contributed by atoms with Crippen LogP contribution >= 0.6 is 0 Å². The SMILES string of the molecule is CC(CC#N)C1=CCC(OCC#N)C=C1. The lowest BCUT2D eigenvalue weighted by Gasteiger charge is -2.18. The van der Waals surface area contributed by atoms with Crippen molar-refractivity contribution in [2.24, 2.45) is 5.92 Å². The highest BCUT2D eigenvalue weighted by atomic mass is 16.5. The van der Waals surface area contributed by atoms with Crippen LogP contribution in [0.5, 0.6) is 0 Å². The van der Waals surface area contributed by atoms with E-state index in [2.05, 4.69) is 12.1 Å². The summed E-state index contributed by atoms with van der Waals surface area (Å²) in [5.41, 5.74) is 1.19. The van der Waals surface area contributed by atoms with Crippen molar-refractivity contribution < 1.29 is 4.74 Å². The van der Waals surface area contributed by atoms with Crippen LogP contribution in [0.25, 0.3) is 0 Å². The highest BCUT2D eigenvalue weighted by Gasteiger charge is 2.12. The number of allylic oxidation sites excluding steroid dienone is 2. The molecule has 2 atom stereocenters. The second kappa shape index (κ2) is 6.01. The zero-order valence-electron chi connectivity index (χ0n) is 8.81. The average Bonchev–Trinajstić information content (AvgIpc) is 2.27. The van der Waals surface area contributed by atoms with Crippen molar-refractivity contribution in [3.63, 3.8) is 0 Å². The van der Waals surface area contributed by atoms with Crippen LogP contribution in [0.3, 0.4) is 0 Å². The van der Waals surface area contributed by atoms with Gasteiger partial charge in [-0.15, -0.1) is 0 Å². The van der Waals surface area contributed by atoms with Crippen molar-refractivity contribution in [3.05, 3.63) is 23.8 Å². The Kier molecular flexibility index (Phi) is 4.60. The Hall–Kier alpha value is -1.58. The van der Waals surface area contributed by atoms with E-state index in [9.17, 15) is 0 Å². The molecule has 0 spiro atoms. The molecule has 0 amide bonds. The summed E-state index contributed by atoms with van der Waals surface area (Å²) in [5, 5.41) is 16.9. The summed E-state index contributed by atoms with van der Waals surface area (Å²) in [7, 11) is 0. The molecule has 3 nitrogen and oxygen atoms in total. The number of hydrogen-bond donors (Lipinski definition) is 0. The van der Waals surface area contributed by atoms with Crippen LogP contribution in [0.4, 0.5) is 0 Å². The molecule has 0 radical (unpaired) electrons. The van der Waals surface area contributed by atoms with E-state index in [4.69, 9.17) is 15.3 Å². The predicted molar refractivity (Wildman–Crippen MR) is 56.6 cm³/mol. The van der Waals surface area contributed by atoms with E-state index in [0.717, 1.165) is 6.42 Å². The first-order valence-electron chi connectivity index (χ1n) is 5.01. The van der Waals surface area contributed by atoms with Gasteiger partial charge in [-0.1, -0.05) is 25.2 Å². The predicted octanol–water partition coefficient (Wildman–Crippen LogP) is 2.33. The number of rotatable bonds is 4. The van der Waals surface area contributed by atoms with E-state index >= 15 is 0 Å². The lowest BCUT2D eigenvalue weighted by molar-refractivity contribution is 0.113. The fourth-order valence-electron chi connectivity index (χ4n) is 1.51. The van der Waals surface area contributed by atoms with Crippen LogP contribution in [0.2, 0.25) is 0 Å². The van der Waals surface area contributed by atoms with Gasteiger partial charge in [-0.2, -0.15) is 10.5 Å². The van der Waals surface area contributed by atoms with Crippen LogP contribution in [-0.4, -0.2) is 12.7 Å². The molecule has 0 fully saturated rings. The van der Waals surface area contributed by atoms with Gasteiger partial charge in [0.1, 0.15) is 6.61 Å². The lowest BCUT2D eigenvalue weighted by atomic mass is 9.93. The smallest absolute Gasteiger partial charge is 0.134 e. The third-order valence-corrected chi connectivity index (χ3v) is 2.42. The molecule has 1 aliphatic rings. The van der Waals surface area contributed by atoms with Gasteiger partial charge in [0.15, 0.2) is 0 Å². The van der Waals surface area contributed by atoms with E-state index in [1.807, 2.05) is 25.1 Å². The molecule has 0 aromatic carbocycles. The number of hydrogen-bond acceptors (Lipinski definition) is 3. The molecule has 0 bridgehead atoms. The van der Waals surface area contributed by atoms with Crippen molar-refractivity contribution >= 4 is 0 Å². The van der Waals surface area contributed by atoms with Gasteiger partial charge in [0.25, 0.3) is 0 Å². The Morgan fingerprint density at radius 3 is 2.87 bits per heavy atom. The molecule has 0 saturated heterocycles. The summed E-state index contributed by atoms with van der Waals surface area (Å²) in [6.07, 6.45) is 7.39. The van der Waals surface area contributed by atoms with Gasteiger partial charge in [0.2, 0.25) is 0 Å². The Bertz CT molecular complexity index is 344. The van der Waals surface area contributed by atoms with E-state index in [0.29, 0.717) is 6.42 Å². The van der Waals surface area contributed by atoms with Gasteiger partial charge >= 0.3 is 0 Å². The fraction of sp³-hybridized carbons (Fsp3) is 0.500. The number of ether oxygens (including phenoxy) is 1. The zero-order chi connectivity index (χ0) is 11.1. The minimum absolute atomic E-state index is 0.0164. The monoisotopic (exact) mass is 202 g/mol. The number of nitrogens with zero attached hydrogens (tertiary/aromatic N) is 2. The summed E-state index contributed by atoms with van der Waals surface area (Å²) in [5.74, 6) is 0.281. The fourth-order valence-corrected chi connectivity index (χ4v) is 1.51. The summed E-state index contributed by atoms with van der Waals surface area (Å²) in [6, 6.07) is 4.11. The molecule has 0 heterocycles. The molecule has 15 heavy (non-hydrogen) atoms. The molecular formula is C12H14N2O. The number of nitriles is 2. The van der Waals surface area contributed by atoms with Crippen LogP contribution < -0.4 is 0 Å². The van der Waals surface area contributed by atoms with Gasteiger partial charge in [-0.3, -0.25) is 0 Å². The molecule has 1 rings (SSSR count). The molecule has 0 saturated carbocycles. The molecule has 2 unspecified atom stereocenters. The molecule has 1 aliphatic carbocycles. The quantitative estimate of drug-likeness (QED) is 0.703. The summed E-state index contributed by atoms with van der Waals surface area (Å²) in [6.45, 7) is 2.17. The minimum Gasteiger partial charge on any atom is -0.359 e. The maximum atomic E-state index is 8.57. The Balaban J connectivity index is 2.44. The van der Waals surface area contributed by atoms with Crippen molar-refractivity contribution in [1.29, 1.82) is 10.5 Å². The molecule has 0 aromatic heterocycles. The first kappa shape index (κ1) is 11.5. The summed E-state index contributed by atoms with van der Waals surface area (Å²) in [4.78, 5) is 0. The highest BCUT2D eigenvalue weighted by Crippen LogP contribution is 2.21. The molecule has 3 heteroatoms. The topological polar surface area (TPSA) is 56.8 Å². The van der Waals surface area contributed by atoms with Crippen LogP contribution in [0.15, 0.2) is 23.8 Å². The van der Waals surface area contributed by atoms with Crippen LogP contribution in [-0.2, 0) is 4.74 Å². The minimum atomic E-state index is 0.0164.